The summed E-state index contributed by atoms with van der Waals surface area (Å²) in [4.78, 5) is 15.2. The van der Waals surface area contributed by atoms with Gasteiger partial charge in [-0.15, -0.1) is 12.4 Å². The standard InChI is InChI=1S/C23H25ClN4O3S.ClH/c1-26-21-6-7-25-15-18(21)14-22(26)23(29)27-8-10-28(11-9-27)32(30,31)20-5-3-16-12-19(24)4-2-17(16)13-20;/h2-5,12-14,25H,6-11,15H2,1H3;1H. The van der Waals surface area contributed by atoms with Gasteiger partial charge in [0.25, 0.3) is 5.91 Å². The van der Waals surface area contributed by atoms with Gasteiger partial charge < -0.3 is 14.8 Å². The fourth-order valence-corrected chi connectivity index (χ4v) is 6.26. The minimum Gasteiger partial charge on any atom is -0.343 e. The Morgan fingerprint density at radius 2 is 1.70 bits per heavy atom. The van der Waals surface area contributed by atoms with Crippen molar-refractivity contribution in [3.8, 4) is 0 Å². The Morgan fingerprint density at radius 3 is 2.42 bits per heavy atom. The average Bonchev–Trinajstić information content (AvgIpc) is 3.15. The molecule has 1 aromatic heterocycles. The third-order valence-electron chi connectivity index (χ3n) is 6.46. The van der Waals surface area contributed by atoms with Crippen molar-refractivity contribution in [3.05, 3.63) is 64.4 Å². The lowest BCUT2D eigenvalue weighted by molar-refractivity contribution is 0.0688. The summed E-state index contributed by atoms with van der Waals surface area (Å²) in [5, 5.41) is 5.67. The molecule has 3 heterocycles. The van der Waals surface area contributed by atoms with Gasteiger partial charge >= 0.3 is 0 Å². The van der Waals surface area contributed by atoms with Gasteiger partial charge in [0.15, 0.2) is 0 Å². The first-order valence-electron chi connectivity index (χ1n) is 10.7. The quantitative estimate of drug-likeness (QED) is 0.589. The number of halogens is 2. The molecule has 0 spiro atoms. The average molecular weight is 509 g/mol. The zero-order valence-electron chi connectivity index (χ0n) is 18.3. The smallest absolute Gasteiger partial charge is 0.270 e. The first kappa shape index (κ1) is 24.0. The number of hydrogen-bond donors (Lipinski definition) is 1. The van der Waals surface area contributed by atoms with Gasteiger partial charge in [0.1, 0.15) is 5.69 Å². The van der Waals surface area contributed by atoms with Crippen LogP contribution < -0.4 is 5.32 Å². The number of benzene rings is 2. The van der Waals surface area contributed by atoms with Gasteiger partial charge in [0, 0.05) is 63.5 Å². The van der Waals surface area contributed by atoms with Gasteiger partial charge in [0.05, 0.1) is 4.90 Å². The van der Waals surface area contributed by atoms with Crippen molar-refractivity contribution >= 4 is 50.7 Å². The summed E-state index contributed by atoms with van der Waals surface area (Å²) in [6.07, 6.45) is 0.906. The van der Waals surface area contributed by atoms with E-state index in [2.05, 4.69) is 5.32 Å². The van der Waals surface area contributed by atoms with Crippen molar-refractivity contribution in [2.75, 3.05) is 32.7 Å². The molecule has 0 atom stereocenters. The fourth-order valence-electron chi connectivity index (χ4n) is 4.62. The normalized spacial score (nSPS) is 17.0. The molecule has 0 bridgehead atoms. The lowest BCUT2D eigenvalue weighted by Gasteiger charge is -2.34. The topological polar surface area (TPSA) is 74.7 Å². The molecule has 5 rings (SSSR count). The Labute approximate surface area is 204 Å². The van der Waals surface area contributed by atoms with Gasteiger partial charge in [0.2, 0.25) is 10.0 Å². The first-order valence-corrected chi connectivity index (χ1v) is 12.5. The number of sulfonamides is 1. The van der Waals surface area contributed by atoms with E-state index in [1.165, 1.54) is 15.6 Å². The van der Waals surface area contributed by atoms with Crippen molar-refractivity contribution in [3.63, 3.8) is 0 Å². The minimum atomic E-state index is -3.64. The highest BCUT2D eigenvalue weighted by atomic mass is 35.5. The molecule has 0 saturated carbocycles. The summed E-state index contributed by atoms with van der Waals surface area (Å²) >= 11 is 6.03. The van der Waals surface area contributed by atoms with Gasteiger partial charge in [-0.05, 0) is 46.7 Å². The Morgan fingerprint density at radius 1 is 1.00 bits per heavy atom. The highest BCUT2D eigenvalue weighted by molar-refractivity contribution is 7.89. The summed E-state index contributed by atoms with van der Waals surface area (Å²) in [6.45, 7) is 2.98. The molecule has 1 fully saturated rings. The van der Waals surface area contributed by atoms with Crippen LogP contribution in [0, 0.1) is 0 Å². The molecule has 2 aromatic carbocycles. The fraction of sp³-hybridized carbons (Fsp3) is 0.348. The van der Waals surface area contributed by atoms with Gasteiger partial charge in [-0.1, -0.05) is 23.7 Å². The van der Waals surface area contributed by atoms with Crippen LogP contribution in [0.1, 0.15) is 21.7 Å². The number of aromatic nitrogens is 1. The van der Waals surface area contributed by atoms with Gasteiger partial charge in [-0.2, -0.15) is 4.31 Å². The Balaban J connectivity index is 0.00000259. The van der Waals surface area contributed by atoms with Crippen LogP contribution in [0.3, 0.4) is 0 Å². The number of carbonyl (C=O) groups excluding carboxylic acids is 1. The van der Waals surface area contributed by atoms with Gasteiger partial charge in [-0.3, -0.25) is 4.79 Å². The first-order chi connectivity index (χ1) is 15.3. The van der Waals surface area contributed by atoms with Crippen LogP contribution in [-0.4, -0.2) is 60.8 Å². The third kappa shape index (κ3) is 4.38. The molecule has 7 nitrogen and oxygen atoms in total. The van der Waals surface area contributed by atoms with E-state index in [0.29, 0.717) is 23.8 Å². The second-order valence-electron chi connectivity index (χ2n) is 8.34. The van der Waals surface area contributed by atoms with E-state index in [-0.39, 0.29) is 36.3 Å². The van der Waals surface area contributed by atoms with E-state index in [9.17, 15) is 13.2 Å². The molecule has 0 radical (unpaired) electrons. The Hall–Kier alpha value is -2.10. The van der Waals surface area contributed by atoms with Crippen LogP contribution in [0.4, 0.5) is 0 Å². The molecule has 0 unspecified atom stereocenters. The summed E-state index contributed by atoms with van der Waals surface area (Å²) in [6, 6.07) is 12.4. The highest BCUT2D eigenvalue weighted by Gasteiger charge is 2.32. The lowest BCUT2D eigenvalue weighted by atomic mass is 10.1. The maximum Gasteiger partial charge on any atom is 0.270 e. The predicted octanol–water partition coefficient (Wildman–Crippen LogP) is 3.05. The maximum atomic E-state index is 13.2. The lowest BCUT2D eigenvalue weighted by Crippen LogP contribution is -2.50. The largest absolute Gasteiger partial charge is 0.343 e. The zero-order valence-corrected chi connectivity index (χ0v) is 20.6. The Bertz CT molecular complexity index is 1310. The van der Waals surface area contributed by atoms with Crippen LogP contribution in [0.15, 0.2) is 47.4 Å². The highest BCUT2D eigenvalue weighted by Crippen LogP contribution is 2.26. The van der Waals surface area contributed by atoms with Crippen LogP contribution in [0.25, 0.3) is 10.8 Å². The summed E-state index contributed by atoms with van der Waals surface area (Å²) in [5.41, 5.74) is 3.04. The van der Waals surface area contributed by atoms with Crippen molar-refractivity contribution < 1.29 is 13.2 Å². The number of piperazine rings is 1. The molecule has 10 heteroatoms. The number of rotatable bonds is 3. The molecule has 0 aliphatic carbocycles. The Kier molecular flexibility index (Phi) is 6.75. The molecule has 2 aliphatic rings. The second kappa shape index (κ2) is 9.27. The summed E-state index contributed by atoms with van der Waals surface area (Å²) in [7, 11) is -1.70. The predicted molar refractivity (Wildman–Crippen MR) is 132 cm³/mol. The van der Waals surface area contributed by atoms with Crippen molar-refractivity contribution in [2.24, 2.45) is 7.05 Å². The molecular weight excluding hydrogens is 483 g/mol. The van der Waals surface area contributed by atoms with Crippen LogP contribution in [-0.2, 0) is 30.0 Å². The van der Waals surface area contributed by atoms with E-state index in [0.717, 1.165) is 30.3 Å². The van der Waals surface area contributed by atoms with Gasteiger partial charge in [-0.25, -0.2) is 8.42 Å². The molecule has 2 aliphatic heterocycles. The van der Waals surface area contributed by atoms with Crippen LogP contribution in [0.2, 0.25) is 5.02 Å². The molecule has 1 N–H and O–H groups in total. The molecule has 1 amide bonds. The molecule has 33 heavy (non-hydrogen) atoms. The maximum absolute atomic E-state index is 13.2. The molecule has 3 aromatic rings. The van der Waals surface area contributed by atoms with E-state index in [1.807, 2.05) is 29.8 Å². The number of nitrogens with zero attached hydrogens (tertiary/aromatic N) is 3. The number of amides is 1. The number of carbonyl (C=O) groups is 1. The SMILES string of the molecule is Cl.Cn1c(C(=O)N2CCN(S(=O)(=O)c3ccc4cc(Cl)ccc4c3)CC2)cc2c1CCNC2. The molecular formula is C23H26Cl2N4O3S. The van der Waals surface area contributed by atoms with Crippen molar-refractivity contribution in [1.82, 2.24) is 19.1 Å². The molecule has 1 saturated heterocycles. The zero-order chi connectivity index (χ0) is 22.5. The second-order valence-corrected chi connectivity index (χ2v) is 10.7. The van der Waals surface area contributed by atoms with E-state index in [1.54, 1.807) is 29.2 Å². The van der Waals surface area contributed by atoms with E-state index < -0.39 is 10.0 Å². The van der Waals surface area contributed by atoms with Crippen LogP contribution >= 0.6 is 24.0 Å². The van der Waals surface area contributed by atoms with Crippen molar-refractivity contribution in [1.29, 1.82) is 0 Å². The van der Waals surface area contributed by atoms with Crippen LogP contribution in [0.5, 0.6) is 0 Å². The van der Waals surface area contributed by atoms with Crippen molar-refractivity contribution in [2.45, 2.75) is 17.9 Å². The number of nitrogens with one attached hydrogen (secondary N) is 1. The third-order valence-corrected chi connectivity index (χ3v) is 8.59. The summed E-state index contributed by atoms with van der Waals surface area (Å²) in [5.74, 6) is -0.0402. The van der Waals surface area contributed by atoms with E-state index >= 15 is 0 Å². The minimum absolute atomic E-state index is 0. The molecule has 176 valence electrons. The number of hydrogen-bond acceptors (Lipinski definition) is 4. The summed E-state index contributed by atoms with van der Waals surface area (Å²) < 4.78 is 29.9. The monoisotopic (exact) mass is 508 g/mol. The van der Waals surface area contributed by atoms with E-state index in [4.69, 9.17) is 11.6 Å². The number of fused-ring (bicyclic) bond motifs is 2.